The van der Waals surface area contributed by atoms with E-state index in [0.29, 0.717) is 57.8 Å². The number of aliphatic carboxylic acids is 1. The van der Waals surface area contributed by atoms with Gasteiger partial charge in [0.2, 0.25) is 11.8 Å². The van der Waals surface area contributed by atoms with E-state index in [1.54, 1.807) is 0 Å². The SMILES string of the molecule is CCCCCCCCCCCCCC(=O)O[C@H](CCCCCCCCCCC)CC(=O)N[C@H]1[C@H](OC[C@H](NC(=O)C[C@@H](CCCCCCCCCCC)OC(=O)CCCCCCCCCCCCC)C(=O)O)O[C@H](CO)[C@@H](OP(=O)(O)O)[C@@H]1OC(=O)C[C@@H](CCCCCCCCCCC)OC(=O)CCCCCCCCCCCCC.CCN(CC)CC. The van der Waals surface area contributed by atoms with Gasteiger partial charge in [0.15, 0.2) is 18.4 Å². The number of phosphoric acid groups is 1. The minimum absolute atomic E-state index is 0.128. The minimum Gasteiger partial charge on any atom is -0.480 e. The van der Waals surface area contributed by atoms with Crippen molar-refractivity contribution >= 4 is 49.5 Å². The second kappa shape index (κ2) is 85.3. The van der Waals surface area contributed by atoms with E-state index < -0.39 is 131 Å². The molecular formula is C99H190N3O19P. The van der Waals surface area contributed by atoms with Crippen molar-refractivity contribution in [1.29, 1.82) is 0 Å². The molecule has 1 fully saturated rings. The normalized spacial score (nSPS) is 16.4. The predicted molar refractivity (Wildman–Crippen MR) is 496 cm³/mol. The number of nitrogens with zero attached hydrogens (tertiary/aromatic N) is 1. The molecule has 0 radical (unpaired) electrons. The largest absolute Gasteiger partial charge is 0.480 e. The van der Waals surface area contributed by atoms with Crippen LogP contribution in [0.1, 0.15) is 505 Å². The van der Waals surface area contributed by atoms with Gasteiger partial charge in [-0.1, -0.05) is 409 Å². The van der Waals surface area contributed by atoms with Crippen LogP contribution in [0.5, 0.6) is 0 Å². The predicted octanol–water partition coefficient (Wildman–Crippen LogP) is 25.3. The number of carbonyl (C=O) groups is 7. The van der Waals surface area contributed by atoms with Crippen LogP contribution >= 0.6 is 7.82 Å². The Labute approximate surface area is 745 Å². The van der Waals surface area contributed by atoms with E-state index >= 15 is 0 Å². The molecule has 0 aromatic heterocycles. The Balaban J connectivity index is 0.0000199. The highest BCUT2D eigenvalue weighted by atomic mass is 31.2. The number of hydrogen-bond acceptors (Lipinski definition) is 17. The Bertz CT molecular complexity index is 2490. The summed E-state index contributed by atoms with van der Waals surface area (Å²) in [5.74, 6) is -5.49. The average molecular weight is 1760 g/mol. The van der Waals surface area contributed by atoms with Crippen LogP contribution in [-0.4, -0.2) is 154 Å². The topological polar surface area (TPSA) is 309 Å². The summed E-state index contributed by atoms with van der Waals surface area (Å²) < 4.78 is 55.4. The third-order valence-corrected chi connectivity index (χ3v) is 24.6. The van der Waals surface area contributed by atoms with Gasteiger partial charge in [0, 0.05) is 19.3 Å². The fourth-order valence-corrected chi connectivity index (χ4v) is 16.9. The number of rotatable bonds is 88. The van der Waals surface area contributed by atoms with Crippen LogP contribution in [0.3, 0.4) is 0 Å². The van der Waals surface area contributed by atoms with E-state index in [1.807, 2.05) is 0 Å². The summed E-state index contributed by atoms with van der Waals surface area (Å²) in [4.78, 5) is 122. The zero-order valence-electron chi connectivity index (χ0n) is 79.8. The zero-order chi connectivity index (χ0) is 90.0. The van der Waals surface area contributed by atoms with Crippen molar-refractivity contribution in [2.24, 2.45) is 0 Å². The molecule has 6 N–H and O–H groups in total. The van der Waals surface area contributed by atoms with Crippen LogP contribution in [0.25, 0.3) is 0 Å². The third-order valence-electron chi connectivity index (χ3n) is 24.0. The van der Waals surface area contributed by atoms with Gasteiger partial charge >= 0.3 is 37.7 Å². The Morgan fingerprint density at radius 3 is 0.893 bits per heavy atom. The van der Waals surface area contributed by atoms with Gasteiger partial charge in [-0.05, 0) is 77.4 Å². The van der Waals surface area contributed by atoms with Crippen molar-refractivity contribution in [1.82, 2.24) is 15.5 Å². The molecule has 1 heterocycles. The molecule has 2 amide bonds. The Kier molecular flexibility index (Phi) is 82.7. The van der Waals surface area contributed by atoms with E-state index in [9.17, 15) is 58.1 Å². The Morgan fingerprint density at radius 2 is 0.631 bits per heavy atom. The van der Waals surface area contributed by atoms with E-state index in [-0.39, 0.29) is 25.7 Å². The highest BCUT2D eigenvalue weighted by Gasteiger charge is 2.53. The van der Waals surface area contributed by atoms with Gasteiger partial charge in [-0.3, -0.25) is 33.3 Å². The quantitative estimate of drug-likeness (QED) is 0.0143. The van der Waals surface area contributed by atoms with Gasteiger partial charge in [-0.2, -0.15) is 0 Å². The standard InChI is InChI=1S/C93H175N2O19P.C6H15N/c1-7-13-19-25-31-37-40-46-52-58-64-70-85(99)109-78(67-61-55-49-43-34-28-22-16-10-4)73-83(97)94-81(92(103)104)77-108-93-89(95-84(98)74-79(68-62-56-50-44-35-29-23-17-11-5)110-86(100)71-65-59-53-47-41-38-32-26-20-14-8-2)91(90(82(76-96)112-93)114-115(105,106)107)113-88(102)75-80(69-63-57-51-45-36-30-24-18-12-6)111-87(101)72-66-60-54-48-42-39-33-27-21-15-9-3;1-4-7(5-2)6-3/h78-82,89-91,93,96H,7-77H2,1-6H3,(H,94,97)(H,95,98)(H,103,104)(H2,105,106,107);4-6H2,1-3H3/t78-,79-,80-,81+,82-,89-,90-,91-,93-;/m1./s1. The second-order valence-electron chi connectivity index (χ2n) is 35.4. The molecule has 0 aliphatic carbocycles. The number of hydrogen-bond donors (Lipinski definition) is 6. The number of unbranched alkanes of at least 4 members (excludes halogenated alkanes) is 54. The first-order valence-corrected chi connectivity index (χ1v) is 52.7. The molecular weight excluding hydrogens is 1570 g/mol. The number of ether oxygens (including phenoxy) is 6. The first-order valence-electron chi connectivity index (χ1n) is 51.1. The molecule has 0 saturated carbocycles. The summed E-state index contributed by atoms with van der Waals surface area (Å²) in [7, 11) is -5.58. The molecule has 0 aromatic rings. The number of phosphoric ester groups is 1. The molecule has 9 atom stereocenters. The number of esters is 4. The molecule has 1 rings (SSSR count). The van der Waals surface area contributed by atoms with Crippen molar-refractivity contribution in [3.05, 3.63) is 0 Å². The number of aliphatic hydroxyl groups is 1. The number of nitrogens with one attached hydrogen (secondary N) is 2. The lowest BCUT2D eigenvalue weighted by atomic mass is 9.95. The monoisotopic (exact) mass is 1760 g/mol. The molecule has 22 nitrogen and oxygen atoms in total. The molecule has 122 heavy (non-hydrogen) atoms. The van der Waals surface area contributed by atoms with E-state index in [0.717, 1.165) is 186 Å². The lowest BCUT2D eigenvalue weighted by Crippen LogP contribution is -2.66. The molecule has 1 aliphatic heterocycles. The van der Waals surface area contributed by atoms with Crippen LogP contribution in [0.4, 0.5) is 0 Å². The summed E-state index contributed by atoms with van der Waals surface area (Å²) in [6.45, 7) is 21.4. The van der Waals surface area contributed by atoms with Crippen LogP contribution in [0.15, 0.2) is 0 Å². The molecule has 23 heteroatoms. The van der Waals surface area contributed by atoms with E-state index in [4.69, 9.17) is 32.9 Å². The van der Waals surface area contributed by atoms with Gasteiger partial charge < -0.3 is 64.0 Å². The molecule has 0 unspecified atom stereocenters. The van der Waals surface area contributed by atoms with E-state index in [2.05, 4.69) is 77.8 Å². The summed E-state index contributed by atoms with van der Waals surface area (Å²) in [6.07, 6.45) is 53.8. The highest BCUT2D eigenvalue weighted by molar-refractivity contribution is 7.46. The number of carboxylic acid groups (broad SMARTS) is 1. The minimum atomic E-state index is -5.58. The lowest BCUT2D eigenvalue weighted by molar-refractivity contribution is -0.272. The summed E-state index contributed by atoms with van der Waals surface area (Å²) in [5, 5.41) is 27.2. The van der Waals surface area contributed by atoms with Crippen LogP contribution in [0.2, 0.25) is 0 Å². The lowest BCUT2D eigenvalue weighted by Gasteiger charge is -2.45. The fourth-order valence-electron chi connectivity index (χ4n) is 16.3. The Hall–Kier alpha value is -3.76. The van der Waals surface area contributed by atoms with Gasteiger partial charge in [-0.15, -0.1) is 0 Å². The molecule has 720 valence electrons. The van der Waals surface area contributed by atoms with Crippen molar-refractivity contribution in [3.8, 4) is 0 Å². The average Bonchev–Trinajstić information content (AvgIpc) is 0.779. The van der Waals surface area contributed by atoms with Gasteiger partial charge in [0.1, 0.15) is 36.6 Å². The van der Waals surface area contributed by atoms with Crippen LogP contribution in [-0.2, 0) is 71.1 Å². The van der Waals surface area contributed by atoms with E-state index in [1.165, 1.54) is 180 Å². The summed E-state index contributed by atoms with van der Waals surface area (Å²) >= 11 is 0. The van der Waals surface area contributed by atoms with Crippen LogP contribution < -0.4 is 10.6 Å². The van der Waals surface area contributed by atoms with Gasteiger partial charge in [0.25, 0.3) is 0 Å². The number of carbonyl (C=O) groups excluding carboxylic acids is 6. The smallest absolute Gasteiger partial charge is 0.470 e. The maximum Gasteiger partial charge on any atom is 0.470 e. The van der Waals surface area contributed by atoms with Gasteiger partial charge in [-0.25, -0.2) is 9.36 Å². The molecule has 0 bridgehead atoms. The molecule has 1 aliphatic rings. The van der Waals surface area contributed by atoms with Crippen molar-refractivity contribution in [2.45, 2.75) is 560 Å². The second-order valence-corrected chi connectivity index (χ2v) is 36.6. The van der Waals surface area contributed by atoms with Gasteiger partial charge in [0.05, 0.1) is 32.5 Å². The van der Waals surface area contributed by atoms with Crippen molar-refractivity contribution in [2.75, 3.05) is 32.8 Å². The first-order chi connectivity index (χ1) is 59.2. The van der Waals surface area contributed by atoms with Crippen molar-refractivity contribution in [3.63, 3.8) is 0 Å². The number of amides is 2. The maximum atomic E-state index is 15.0. The molecule has 1 saturated heterocycles. The zero-order valence-corrected chi connectivity index (χ0v) is 80.7. The van der Waals surface area contributed by atoms with Crippen molar-refractivity contribution < 1.29 is 91.1 Å². The first kappa shape index (κ1) is 118. The fraction of sp³-hybridized carbons (Fsp3) is 0.929. The maximum absolute atomic E-state index is 15.0. The molecule has 0 aromatic carbocycles. The van der Waals surface area contributed by atoms with Crippen LogP contribution in [0, 0.1) is 0 Å². The summed E-state index contributed by atoms with van der Waals surface area (Å²) in [5.41, 5.74) is 0. The summed E-state index contributed by atoms with van der Waals surface area (Å²) in [6, 6.07) is -3.60. The number of carboxylic acids is 1. The third kappa shape index (κ3) is 72.2. The molecule has 0 spiro atoms. The highest BCUT2D eigenvalue weighted by Crippen LogP contribution is 2.43. The number of aliphatic hydroxyl groups excluding tert-OH is 1. The Morgan fingerprint density at radius 1 is 0.361 bits per heavy atom.